The van der Waals surface area contributed by atoms with Gasteiger partial charge >= 0.3 is 0 Å². The van der Waals surface area contributed by atoms with E-state index in [-0.39, 0.29) is 0 Å². The Hall–Kier alpha value is -1.87. The molecular weight excluding hydrogens is 264 g/mol. The van der Waals surface area contributed by atoms with Crippen LogP contribution < -0.4 is 10.2 Å². The molecule has 0 spiro atoms. The van der Waals surface area contributed by atoms with Crippen molar-refractivity contribution in [3.8, 4) is 0 Å². The van der Waals surface area contributed by atoms with Crippen molar-refractivity contribution in [1.29, 1.82) is 0 Å². The van der Waals surface area contributed by atoms with Gasteiger partial charge in [0, 0.05) is 17.9 Å². The van der Waals surface area contributed by atoms with Gasteiger partial charge in [0.1, 0.15) is 0 Å². The number of hydrogen-bond donors (Lipinski definition) is 1. The molecule has 0 saturated carbocycles. The summed E-state index contributed by atoms with van der Waals surface area (Å²) in [5.74, 6) is 0. The number of anilines is 2. The number of thiocarbonyl (C=S) groups is 1. The van der Waals surface area contributed by atoms with Crippen molar-refractivity contribution in [3.63, 3.8) is 0 Å². The molecule has 2 nitrogen and oxygen atoms in total. The van der Waals surface area contributed by atoms with Crippen molar-refractivity contribution in [2.75, 3.05) is 16.8 Å². The first-order valence-electron chi connectivity index (χ1n) is 6.83. The Kier molecular flexibility index (Phi) is 4.74. The minimum absolute atomic E-state index is 0.733. The zero-order chi connectivity index (χ0) is 14.5. The fourth-order valence-electron chi connectivity index (χ4n) is 2.24. The van der Waals surface area contributed by atoms with E-state index in [0.29, 0.717) is 0 Å². The summed E-state index contributed by atoms with van der Waals surface area (Å²) in [7, 11) is 0. The number of benzene rings is 2. The van der Waals surface area contributed by atoms with Crippen LogP contribution >= 0.6 is 12.2 Å². The number of nitrogens with one attached hydrogen (secondary N) is 1. The van der Waals surface area contributed by atoms with Gasteiger partial charge in [-0.3, -0.25) is 0 Å². The molecule has 0 aliphatic carbocycles. The quantitative estimate of drug-likeness (QED) is 0.834. The van der Waals surface area contributed by atoms with Crippen molar-refractivity contribution in [1.82, 2.24) is 0 Å². The molecule has 0 fully saturated rings. The maximum atomic E-state index is 5.57. The second-order valence-corrected chi connectivity index (χ2v) is 5.16. The van der Waals surface area contributed by atoms with Crippen LogP contribution in [0.15, 0.2) is 48.5 Å². The van der Waals surface area contributed by atoms with Crippen LogP contribution in [0.5, 0.6) is 0 Å². The first-order chi connectivity index (χ1) is 9.63. The molecule has 2 rings (SSSR count). The van der Waals surface area contributed by atoms with E-state index in [1.165, 1.54) is 11.1 Å². The number of para-hydroxylation sites is 2. The number of aryl methyl sites for hydroxylation is 2. The topological polar surface area (TPSA) is 15.3 Å². The molecule has 20 heavy (non-hydrogen) atoms. The Morgan fingerprint density at radius 1 is 1.00 bits per heavy atom. The normalized spacial score (nSPS) is 10.2. The second kappa shape index (κ2) is 6.53. The molecule has 0 aromatic heterocycles. The molecule has 0 unspecified atom stereocenters. The smallest absolute Gasteiger partial charge is 0.177 e. The molecule has 0 heterocycles. The molecule has 0 aliphatic rings. The van der Waals surface area contributed by atoms with Crippen LogP contribution in [0, 0.1) is 13.8 Å². The van der Waals surface area contributed by atoms with Crippen LogP contribution in [0.25, 0.3) is 0 Å². The van der Waals surface area contributed by atoms with Crippen molar-refractivity contribution < 1.29 is 0 Å². The molecule has 0 radical (unpaired) electrons. The van der Waals surface area contributed by atoms with Crippen LogP contribution in [0.3, 0.4) is 0 Å². The average molecular weight is 284 g/mol. The summed E-state index contributed by atoms with van der Waals surface area (Å²) < 4.78 is 0. The maximum absolute atomic E-state index is 5.57. The number of hydrogen-bond acceptors (Lipinski definition) is 1. The Balaban J connectivity index is 2.23. The largest absolute Gasteiger partial charge is 0.332 e. The lowest BCUT2D eigenvalue weighted by Crippen LogP contribution is -2.34. The predicted octanol–water partition coefficient (Wildman–Crippen LogP) is 4.53. The van der Waals surface area contributed by atoms with Gasteiger partial charge in [-0.15, -0.1) is 0 Å². The molecular formula is C17H20N2S. The summed E-state index contributed by atoms with van der Waals surface area (Å²) in [6.07, 6.45) is 0. The van der Waals surface area contributed by atoms with E-state index in [1.807, 2.05) is 18.2 Å². The minimum atomic E-state index is 0.733. The SMILES string of the molecule is CCN(C(=S)Nc1c(C)cccc1C)c1ccccc1. The first-order valence-corrected chi connectivity index (χ1v) is 7.24. The number of nitrogens with zero attached hydrogens (tertiary/aromatic N) is 1. The van der Waals surface area contributed by atoms with E-state index in [1.54, 1.807) is 0 Å². The Morgan fingerprint density at radius 2 is 1.60 bits per heavy atom. The third kappa shape index (κ3) is 3.17. The maximum Gasteiger partial charge on any atom is 0.177 e. The minimum Gasteiger partial charge on any atom is -0.332 e. The van der Waals surface area contributed by atoms with Crippen LogP contribution in [0.4, 0.5) is 11.4 Å². The van der Waals surface area contributed by atoms with Crippen LogP contribution in [-0.2, 0) is 0 Å². The Bertz CT molecular complexity index is 573. The number of rotatable bonds is 3. The standard InChI is InChI=1S/C17H20N2S/c1-4-19(15-11-6-5-7-12-15)17(20)18-16-13(2)9-8-10-14(16)3/h5-12H,4H2,1-3H3,(H,18,20). The average Bonchev–Trinajstić information content (AvgIpc) is 2.45. The molecule has 1 N–H and O–H groups in total. The summed E-state index contributed by atoms with van der Waals surface area (Å²) in [5, 5.41) is 4.12. The lowest BCUT2D eigenvalue weighted by molar-refractivity contribution is 1.06. The monoisotopic (exact) mass is 284 g/mol. The van der Waals surface area contributed by atoms with Gasteiger partial charge in [0.15, 0.2) is 5.11 Å². The van der Waals surface area contributed by atoms with Gasteiger partial charge in [0.2, 0.25) is 0 Å². The van der Waals surface area contributed by atoms with Crippen molar-refractivity contribution in [2.45, 2.75) is 20.8 Å². The summed E-state index contributed by atoms with van der Waals surface area (Å²) in [5.41, 5.74) is 4.62. The molecule has 0 saturated heterocycles. The van der Waals surface area contributed by atoms with Gasteiger partial charge in [-0.25, -0.2) is 0 Å². The van der Waals surface area contributed by atoms with Crippen molar-refractivity contribution in [2.24, 2.45) is 0 Å². The van der Waals surface area contributed by atoms with Gasteiger partial charge < -0.3 is 10.2 Å². The molecule has 2 aromatic rings. The van der Waals surface area contributed by atoms with Gasteiger partial charge in [-0.05, 0) is 56.2 Å². The van der Waals surface area contributed by atoms with Crippen LogP contribution in [0.2, 0.25) is 0 Å². The van der Waals surface area contributed by atoms with Crippen LogP contribution in [-0.4, -0.2) is 11.7 Å². The van der Waals surface area contributed by atoms with Gasteiger partial charge in [-0.2, -0.15) is 0 Å². The Morgan fingerprint density at radius 3 is 2.15 bits per heavy atom. The third-order valence-electron chi connectivity index (χ3n) is 3.34. The molecule has 0 amide bonds. The van der Waals surface area contributed by atoms with Gasteiger partial charge in [-0.1, -0.05) is 36.4 Å². The summed E-state index contributed by atoms with van der Waals surface area (Å²) in [4.78, 5) is 2.10. The van der Waals surface area contributed by atoms with Crippen molar-refractivity contribution >= 4 is 28.7 Å². The highest BCUT2D eigenvalue weighted by Crippen LogP contribution is 2.21. The highest BCUT2D eigenvalue weighted by Gasteiger charge is 2.11. The molecule has 0 atom stereocenters. The first kappa shape index (κ1) is 14.5. The summed E-state index contributed by atoms with van der Waals surface area (Å²) in [6, 6.07) is 16.5. The lowest BCUT2D eigenvalue weighted by Gasteiger charge is -2.25. The predicted molar refractivity (Wildman–Crippen MR) is 91.6 cm³/mol. The van der Waals surface area contributed by atoms with E-state index in [9.17, 15) is 0 Å². The van der Waals surface area contributed by atoms with Crippen molar-refractivity contribution in [3.05, 3.63) is 59.7 Å². The van der Waals surface area contributed by atoms with E-state index in [2.05, 4.69) is 61.3 Å². The van der Waals surface area contributed by atoms with E-state index >= 15 is 0 Å². The molecule has 3 heteroatoms. The second-order valence-electron chi connectivity index (χ2n) is 4.78. The molecule has 0 bridgehead atoms. The highest BCUT2D eigenvalue weighted by molar-refractivity contribution is 7.80. The molecule has 104 valence electrons. The zero-order valence-electron chi connectivity index (χ0n) is 12.2. The highest BCUT2D eigenvalue weighted by atomic mass is 32.1. The van der Waals surface area contributed by atoms with Crippen LogP contribution in [0.1, 0.15) is 18.1 Å². The fraction of sp³-hybridized carbons (Fsp3) is 0.235. The fourth-order valence-corrected chi connectivity index (χ4v) is 2.57. The summed E-state index contributed by atoms with van der Waals surface area (Å²) in [6.45, 7) is 7.12. The zero-order valence-corrected chi connectivity index (χ0v) is 13.0. The van der Waals surface area contributed by atoms with E-state index in [0.717, 1.165) is 23.0 Å². The summed E-state index contributed by atoms with van der Waals surface area (Å²) >= 11 is 5.57. The van der Waals surface area contributed by atoms with Gasteiger partial charge in [0.05, 0.1) is 0 Å². The molecule has 2 aromatic carbocycles. The van der Waals surface area contributed by atoms with E-state index in [4.69, 9.17) is 12.2 Å². The van der Waals surface area contributed by atoms with E-state index < -0.39 is 0 Å². The Labute approximate surface area is 126 Å². The molecule has 0 aliphatic heterocycles. The third-order valence-corrected chi connectivity index (χ3v) is 3.66. The van der Waals surface area contributed by atoms with Gasteiger partial charge in [0.25, 0.3) is 0 Å². The lowest BCUT2D eigenvalue weighted by atomic mass is 10.1.